The van der Waals surface area contributed by atoms with Crippen molar-refractivity contribution in [1.82, 2.24) is 4.90 Å². The Morgan fingerprint density at radius 1 is 1.04 bits per heavy atom. The van der Waals surface area contributed by atoms with Crippen LogP contribution in [-0.2, 0) is 9.59 Å². The van der Waals surface area contributed by atoms with E-state index in [4.69, 9.17) is 4.42 Å². The third-order valence-corrected chi connectivity index (χ3v) is 4.52. The van der Waals surface area contributed by atoms with Gasteiger partial charge in [0, 0.05) is 11.3 Å². The van der Waals surface area contributed by atoms with Crippen LogP contribution in [0.1, 0.15) is 33.6 Å². The number of rotatable bonds is 6. The highest BCUT2D eigenvalue weighted by molar-refractivity contribution is 5.95. The van der Waals surface area contributed by atoms with E-state index in [-0.39, 0.29) is 30.8 Å². The summed E-state index contributed by atoms with van der Waals surface area (Å²) in [5.74, 6) is 0.172. The summed E-state index contributed by atoms with van der Waals surface area (Å²) in [6, 6.07) is 6.06. The number of nitrogens with zero attached hydrogens (tertiary/aromatic N) is 2. The highest BCUT2D eigenvalue weighted by Gasteiger charge is 2.18. The lowest BCUT2D eigenvalue weighted by atomic mass is 10.1. The van der Waals surface area contributed by atoms with Crippen LogP contribution in [0.3, 0.4) is 0 Å². The largest absolute Gasteiger partial charge is 0.444 e. The van der Waals surface area contributed by atoms with Crippen LogP contribution in [0.5, 0.6) is 0 Å². The number of hydrogen-bond donors (Lipinski definition) is 2. The minimum Gasteiger partial charge on any atom is -0.444 e. The Hall–Kier alpha value is -3.11. The van der Waals surface area contributed by atoms with Crippen molar-refractivity contribution in [2.45, 2.75) is 34.6 Å². The van der Waals surface area contributed by atoms with Crippen molar-refractivity contribution >= 4 is 23.4 Å². The molecule has 2 amide bonds. The third kappa shape index (κ3) is 4.99. The van der Waals surface area contributed by atoms with Crippen LogP contribution in [-0.4, -0.2) is 36.9 Å². The van der Waals surface area contributed by atoms with Crippen LogP contribution in [0.25, 0.3) is 0 Å². The van der Waals surface area contributed by atoms with Crippen molar-refractivity contribution in [1.29, 1.82) is 5.26 Å². The highest BCUT2D eigenvalue weighted by atomic mass is 16.4. The summed E-state index contributed by atoms with van der Waals surface area (Å²) in [5, 5.41) is 14.7. The van der Waals surface area contributed by atoms with E-state index >= 15 is 0 Å². The molecule has 28 heavy (non-hydrogen) atoms. The van der Waals surface area contributed by atoms with Gasteiger partial charge in [-0.25, -0.2) is 0 Å². The van der Waals surface area contributed by atoms with Gasteiger partial charge < -0.3 is 9.73 Å². The molecule has 0 aliphatic carbocycles. The monoisotopic (exact) mass is 382 g/mol. The number of nitrogens with one attached hydrogen (secondary N) is 2. The molecule has 0 spiro atoms. The lowest BCUT2D eigenvalue weighted by Crippen LogP contribution is -2.36. The first kappa shape index (κ1) is 21.2. The van der Waals surface area contributed by atoms with E-state index in [9.17, 15) is 14.9 Å². The number of hydrogen-bond acceptors (Lipinski definition) is 5. The van der Waals surface area contributed by atoms with E-state index in [0.717, 1.165) is 22.4 Å². The molecule has 1 aromatic carbocycles. The molecule has 1 aromatic heterocycles. The van der Waals surface area contributed by atoms with Gasteiger partial charge >= 0.3 is 0 Å². The fourth-order valence-corrected chi connectivity index (χ4v) is 3.12. The van der Waals surface area contributed by atoms with Crippen molar-refractivity contribution in [2.75, 3.05) is 30.8 Å². The molecular formula is C21H26N4O3. The van der Waals surface area contributed by atoms with Gasteiger partial charge in [-0.1, -0.05) is 17.7 Å². The van der Waals surface area contributed by atoms with Crippen molar-refractivity contribution in [3.63, 3.8) is 0 Å². The summed E-state index contributed by atoms with van der Waals surface area (Å²) in [6.45, 7) is 9.46. The number of aryl methyl sites for hydroxylation is 4. The molecule has 0 bridgehead atoms. The standard InChI is InChI=1S/C21H26N4O3/c1-12-7-13(2)20(14(3)8-12)23-18(26)10-25(6)11-19(27)24-21-17(9-22)15(4)16(5)28-21/h7-8H,10-11H2,1-6H3,(H,23,26)(H,24,27). The topological polar surface area (TPSA) is 98.4 Å². The van der Waals surface area contributed by atoms with E-state index in [1.54, 1.807) is 25.8 Å². The molecule has 0 aliphatic rings. The number of carbonyl (C=O) groups excluding carboxylic acids is 2. The van der Waals surface area contributed by atoms with Crippen LogP contribution in [0, 0.1) is 45.9 Å². The lowest BCUT2D eigenvalue weighted by Gasteiger charge is -2.17. The second-order valence-electron chi connectivity index (χ2n) is 7.14. The normalized spacial score (nSPS) is 10.6. The van der Waals surface area contributed by atoms with Gasteiger partial charge in [-0.3, -0.25) is 19.8 Å². The number of carbonyl (C=O) groups is 2. The maximum atomic E-state index is 12.4. The van der Waals surface area contributed by atoms with E-state index in [1.165, 1.54) is 0 Å². The zero-order valence-corrected chi connectivity index (χ0v) is 17.2. The molecule has 148 valence electrons. The van der Waals surface area contributed by atoms with E-state index in [1.807, 2.05) is 39.0 Å². The summed E-state index contributed by atoms with van der Waals surface area (Å²) in [7, 11) is 1.68. The van der Waals surface area contributed by atoms with Crippen molar-refractivity contribution in [2.24, 2.45) is 0 Å². The Kier molecular flexibility index (Phi) is 6.60. The fraction of sp³-hybridized carbons (Fsp3) is 0.381. The predicted octanol–water partition coefficient (Wildman–Crippen LogP) is 3.20. The number of amides is 2. The van der Waals surface area contributed by atoms with Crippen molar-refractivity contribution in [3.05, 3.63) is 45.7 Å². The number of anilines is 2. The van der Waals surface area contributed by atoms with Crippen LogP contribution < -0.4 is 10.6 Å². The summed E-state index contributed by atoms with van der Waals surface area (Å²) in [4.78, 5) is 26.2. The molecule has 0 radical (unpaired) electrons. The first-order chi connectivity index (χ1) is 13.1. The van der Waals surface area contributed by atoms with Gasteiger partial charge in [0.2, 0.25) is 17.7 Å². The zero-order valence-electron chi connectivity index (χ0n) is 17.2. The summed E-state index contributed by atoms with van der Waals surface area (Å²) in [6.07, 6.45) is 0. The van der Waals surface area contributed by atoms with Gasteiger partial charge in [0.25, 0.3) is 0 Å². The molecule has 0 aliphatic heterocycles. The van der Waals surface area contributed by atoms with Crippen LogP contribution in [0.4, 0.5) is 11.6 Å². The molecule has 0 atom stereocenters. The molecule has 7 nitrogen and oxygen atoms in total. The van der Waals surface area contributed by atoms with E-state index in [0.29, 0.717) is 16.9 Å². The molecule has 0 unspecified atom stereocenters. The minimum atomic E-state index is -0.358. The number of likely N-dealkylation sites (N-methyl/N-ethyl adjacent to an activating group) is 1. The molecule has 0 fully saturated rings. The molecule has 2 N–H and O–H groups in total. The predicted molar refractivity (Wildman–Crippen MR) is 108 cm³/mol. The Morgan fingerprint density at radius 3 is 2.11 bits per heavy atom. The third-order valence-electron chi connectivity index (χ3n) is 4.52. The molecule has 7 heteroatoms. The van der Waals surface area contributed by atoms with Crippen molar-refractivity contribution < 1.29 is 14.0 Å². The summed E-state index contributed by atoms with van der Waals surface area (Å²) < 4.78 is 5.43. The Morgan fingerprint density at radius 2 is 1.57 bits per heavy atom. The zero-order chi connectivity index (χ0) is 21.0. The number of nitriles is 1. The average Bonchev–Trinajstić information content (AvgIpc) is 2.83. The second-order valence-corrected chi connectivity index (χ2v) is 7.14. The Balaban J connectivity index is 1.94. The highest BCUT2D eigenvalue weighted by Crippen LogP contribution is 2.25. The van der Waals surface area contributed by atoms with Gasteiger partial charge in [-0.15, -0.1) is 0 Å². The molecule has 1 heterocycles. The minimum absolute atomic E-state index is 0.0110. The Bertz CT molecular complexity index is 930. The maximum absolute atomic E-state index is 12.4. The molecular weight excluding hydrogens is 356 g/mol. The SMILES string of the molecule is Cc1cc(C)c(NC(=O)CN(C)CC(=O)Nc2oc(C)c(C)c2C#N)c(C)c1. The smallest absolute Gasteiger partial charge is 0.240 e. The van der Waals surface area contributed by atoms with E-state index < -0.39 is 0 Å². The molecule has 2 rings (SSSR count). The van der Waals surface area contributed by atoms with Gasteiger partial charge in [0.15, 0.2) is 0 Å². The van der Waals surface area contributed by atoms with E-state index in [2.05, 4.69) is 10.6 Å². The van der Waals surface area contributed by atoms with Gasteiger partial charge in [-0.05, 0) is 52.8 Å². The summed E-state index contributed by atoms with van der Waals surface area (Å²) >= 11 is 0. The molecule has 0 saturated heterocycles. The molecule has 0 saturated carbocycles. The summed E-state index contributed by atoms with van der Waals surface area (Å²) in [5.41, 5.74) is 4.96. The number of furan rings is 1. The average molecular weight is 382 g/mol. The van der Waals surface area contributed by atoms with Crippen LogP contribution in [0.2, 0.25) is 0 Å². The first-order valence-corrected chi connectivity index (χ1v) is 8.98. The van der Waals surface area contributed by atoms with Gasteiger partial charge in [0.1, 0.15) is 17.4 Å². The maximum Gasteiger partial charge on any atom is 0.240 e. The second kappa shape index (κ2) is 8.72. The first-order valence-electron chi connectivity index (χ1n) is 8.98. The van der Waals surface area contributed by atoms with Gasteiger partial charge in [0.05, 0.1) is 13.1 Å². The van der Waals surface area contributed by atoms with Crippen LogP contribution >= 0.6 is 0 Å². The lowest BCUT2D eigenvalue weighted by molar-refractivity contribution is -0.119. The van der Waals surface area contributed by atoms with Gasteiger partial charge in [-0.2, -0.15) is 5.26 Å². The molecule has 2 aromatic rings. The van der Waals surface area contributed by atoms with Crippen LogP contribution in [0.15, 0.2) is 16.5 Å². The quantitative estimate of drug-likeness (QED) is 0.799. The fourth-order valence-electron chi connectivity index (χ4n) is 3.12. The van der Waals surface area contributed by atoms with Crippen molar-refractivity contribution in [3.8, 4) is 6.07 Å². The number of benzene rings is 1. The Labute approximate surface area is 165 Å².